The molecule has 2 aromatic heterocycles. The average molecular weight is 610 g/mol. The highest BCUT2D eigenvalue weighted by Crippen LogP contribution is 2.47. The lowest BCUT2D eigenvalue weighted by atomic mass is 9.96. The number of aliphatic hydroxyl groups excluding tert-OH is 1. The molecule has 1 aliphatic carbocycles. The molecule has 43 heavy (non-hydrogen) atoms. The number of aromatic nitrogens is 1. The third-order valence-electron chi connectivity index (χ3n) is 7.84. The first-order valence-corrected chi connectivity index (χ1v) is 15.4. The maximum Gasteiger partial charge on any atom is 0.332 e. The van der Waals surface area contributed by atoms with E-state index < -0.39 is 35.5 Å². The minimum absolute atomic E-state index is 0.131. The second-order valence-electron chi connectivity index (χ2n) is 12.6. The maximum absolute atomic E-state index is 14.2. The van der Waals surface area contributed by atoms with Gasteiger partial charge in [0.15, 0.2) is 0 Å². The van der Waals surface area contributed by atoms with Gasteiger partial charge in [-0.05, 0) is 65.5 Å². The lowest BCUT2D eigenvalue weighted by molar-refractivity contribution is -0.172. The van der Waals surface area contributed by atoms with Crippen molar-refractivity contribution in [3.8, 4) is 10.8 Å². The van der Waals surface area contributed by atoms with Crippen molar-refractivity contribution in [2.75, 3.05) is 11.4 Å². The summed E-state index contributed by atoms with van der Waals surface area (Å²) in [5.41, 5.74) is -0.437. The number of oxazole rings is 1. The predicted octanol–water partition coefficient (Wildman–Crippen LogP) is 5.64. The highest BCUT2D eigenvalue weighted by molar-refractivity contribution is 7.20. The Morgan fingerprint density at radius 1 is 1.14 bits per heavy atom. The number of fused-ring (bicyclic) bond motifs is 1. The number of aliphatic hydroxyl groups is 1. The minimum atomic E-state index is -1.52. The van der Waals surface area contributed by atoms with Crippen LogP contribution in [0.2, 0.25) is 0 Å². The van der Waals surface area contributed by atoms with E-state index in [1.807, 2.05) is 37.3 Å². The Labute approximate surface area is 255 Å². The molecule has 230 valence electrons. The molecular formula is C32H39N3O7S. The molecule has 10 nitrogen and oxygen atoms in total. The van der Waals surface area contributed by atoms with Gasteiger partial charge in [0.05, 0.1) is 29.3 Å². The van der Waals surface area contributed by atoms with Gasteiger partial charge in [0, 0.05) is 12.8 Å². The summed E-state index contributed by atoms with van der Waals surface area (Å²) >= 11 is 1.30. The van der Waals surface area contributed by atoms with Gasteiger partial charge in [-0.3, -0.25) is 14.5 Å². The van der Waals surface area contributed by atoms with Gasteiger partial charge in [-0.25, -0.2) is 9.78 Å². The van der Waals surface area contributed by atoms with Crippen LogP contribution in [0.15, 0.2) is 47.2 Å². The van der Waals surface area contributed by atoms with E-state index in [0.717, 1.165) is 5.56 Å². The fourth-order valence-corrected chi connectivity index (χ4v) is 6.80. The summed E-state index contributed by atoms with van der Waals surface area (Å²) in [5.74, 6) is -0.540. The van der Waals surface area contributed by atoms with Crippen molar-refractivity contribution < 1.29 is 33.4 Å². The quantitative estimate of drug-likeness (QED) is 0.323. The van der Waals surface area contributed by atoms with Crippen LogP contribution >= 0.6 is 11.3 Å². The van der Waals surface area contributed by atoms with Crippen LogP contribution in [0.3, 0.4) is 0 Å². The Balaban J connectivity index is 1.58. The number of carbonyl (C=O) groups excluding carboxylic acids is 3. The van der Waals surface area contributed by atoms with Crippen molar-refractivity contribution in [3.05, 3.63) is 59.5 Å². The van der Waals surface area contributed by atoms with E-state index in [1.54, 1.807) is 39.5 Å². The van der Waals surface area contributed by atoms with Crippen LogP contribution in [0.25, 0.3) is 10.8 Å². The van der Waals surface area contributed by atoms with Gasteiger partial charge in [0.1, 0.15) is 34.3 Å². The molecule has 0 bridgehead atoms. The number of carbonyl (C=O) groups is 3. The number of anilines is 1. The van der Waals surface area contributed by atoms with Crippen molar-refractivity contribution >= 4 is 34.0 Å². The summed E-state index contributed by atoms with van der Waals surface area (Å²) in [6.07, 6.45) is 3.04. The van der Waals surface area contributed by atoms with E-state index in [4.69, 9.17) is 13.9 Å². The Morgan fingerprint density at radius 3 is 2.42 bits per heavy atom. The van der Waals surface area contributed by atoms with Crippen molar-refractivity contribution in [1.82, 2.24) is 9.88 Å². The minimum Gasteiger partial charge on any atom is -0.458 e. The molecule has 0 radical (unpaired) electrons. The number of amides is 1. The van der Waals surface area contributed by atoms with Gasteiger partial charge >= 0.3 is 5.97 Å². The van der Waals surface area contributed by atoms with Crippen LogP contribution in [-0.4, -0.2) is 62.8 Å². The number of benzene rings is 1. The zero-order valence-corrected chi connectivity index (χ0v) is 26.3. The van der Waals surface area contributed by atoms with Crippen LogP contribution in [0, 0.1) is 6.92 Å². The summed E-state index contributed by atoms with van der Waals surface area (Å²) in [5, 5.41) is 12.5. The number of thiophene rings is 1. The van der Waals surface area contributed by atoms with Crippen LogP contribution < -0.4 is 4.90 Å². The topological polar surface area (TPSA) is 122 Å². The summed E-state index contributed by atoms with van der Waals surface area (Å²) in [4.78, 5) is 47.5. The summed E-state index contributed by atoms with van der Waals surface area (Å²) in [6, 6.07) is 9.68. The first-order valence-electron chi connectivity index (χ1n) is 14.5. The van der Waals surface area contributed by atoms with Crippen LogP contribution in [-0.2, 0) is 19.1 Å². The summed E-state index contributed by atoms with van der Waals surface area (Å²) in [7, 11) is 0. The van der Waals surface area contributed by atoms with Gasteiger partial charge in [-0.15, -0.1) is 11.3 Å². The molecule has 1 saturated carbocycles. The molecule has 0 spiro atoms. The predicted molar refractivity (Wildman–Crippen MR) is 162 cm³/mol. The number of ketones is 1. The Morgan fingerprint density at radius 2 is 1.81 bits per heavy atom. The van der Waals surface area contributed by atoms with E-state index in [0.29, 0.717) is 52.6 Å². The molecular weight excluding hydrogens is 570 g/mol. The van der Waals surface area contributed by atoms with Gasteiger partial charge < -0.3 is 23.9 Å². The zero-order chi connectivity index (χ0) is 31.1. The molecule has 1 aromatic carbocycles. The van der Waals surface area contributed by atoms with Crippen molar-refractivity contribution in [2.24, 2.45) is 0 Å². The fourth-order valence-electron chi connectivity index (χ4n) is 5.54. The third kappa shape index (κ3) is 6.25. The van der Waals surface area contributed by atoms with E-state index >= 15 is 0 Å². The van der Waals surface area contributed by atoms with E-state index in [9.17, 15) is 19.5 Å². The molecule has 1 fully saturated rings. The standard InChI is InChI=1S/C32H39N3O7S/c1-19-24-27(37)35(32(5,6)29(38)42-31(2,3)4)30(39)34(28(24)43-25(19)26-33-16-17-40-26)18-23(20-10-8-7-9-11-20)41-22-14-12-21(36)13-15-22/h7-11,16-17,22-23,30,39H,12-15,18H2,1-6H3/t23-,30?/m0/s1. The Kier molecular flexibility index (Phi) is 8.52. The molecule has 1 unspecified atom stereocenters. The lowest BCUT2D eigenvalue weighted by Gasteiger charge is -2.48. The Bertz CT molecular complexity index is 1470. The molecule has 11 heteroatoms. The molecule has 1 aliphatic heterocycles. The number of ether oxygens (including phenoxy) is 2. The lowest BCUT2D eigenvalue weighted by Crippen LogP contribution is -2.66. The van der Waals surface area contributed by atoms with Crippen molar-refractivity contribution in [3.63, 3.8) is 0 Å². The van der Waals surface area contributed by atoms with Gasteiger partial charge in [0.2, 0.25) is 12.2 Å². The zero-order valence-electron chi connectivity index (χ0n) is 25.5. The second-order valence-corrected chi connectivity index (χ2v) is 13.6. The highest BCUT2D eigenvalue weighted by atomic mass is 32.1. The number of nitrogens with zero attached hydrogens (tertiary/aromatic N) is 3. The smallest absolute Gasteiger partial charge is 0.332 e. The first kappa shape index (κ1) is 30.9. The van der Waals surface area contributed by atoms with Crippen molar-refractivity contribution in [1.29, 1.82) is 0 Å². The number of Topliss-reactive ketones (excluding diaryl/α,β-unsaturated/α-hetero) is 1. The summed E-state index contributed by atoms with van der Waals surface area (Å²) < 4.78 is 17.9. The molecule has 3 heterocycles. The van der Waals surface area contributed by atoms with Gasteiger partial charge in [-0.2, -0.15) is 0 Å². The van der Waals surface area contributed by atoms with Crippen LogP contribution in [0.1, 0.15) is 87.9 Å². The monoisotopic (exact) mass is 609 g/mol. The fraction of sp³-hybridized carbons (Fsp3) is 0.500. The van der Waals surface area contributed by atoms with E-state index in [2.05, 4.69) is 4.98 Å². The van der Waals surface area contributed by atoms with Gasteiger partial charge in [-0.1, -0.05) is 30.3 Å². The molecule has 2 atom stereocenters. The van der Waals surface area contributed by atoms with Crippen molar-refractivity contribution in [2.45, 2.75) is 96.9 Å². The number of hydrogen-bond donors (Lipinski definition) is 1. The third-order valence-corrected chi connectivity index (χ3v) is 9.16. The first-order chi connectivity index (χ1) is 20.3. The largest absolute Gasteiger partial charge is 0.458 e. The highest BCUT2D eigenvalue weighted by Gasteiger charge is 2.51. The Hall–Kier alpha value is -3.54. The number of rotatable bonds is 8. The van der Waals surface area contributed by atoms with Gasteiger partial charge in [0.25, 0.3) is 5.91 Å². The van der Waals surface area contributed by atoms with Crippen LogP contribution in [0.4, 0.5) is 5.00 Å². The molecule has 2 aliphatic rings. The number of esters is 1. The molecule has 5 rings (SSSR count). The molecule has 0 saturated heterocycles. The van der Waals surface area contributed by atoms with E-state index in [1.165, 1.54) is 28.7 Å². The number of hydrogen-bond acceptors (Lipinski definition) is 10. The maximum atomic E-state index is 14.2. The summed E-state index contributed by atoms with van der Waals surface area (Å²) in [6.45, 7) is 10.4. The molecule has 1 N–H and O–H groups in total. The average Bonchev–Trinajstić information content (AvgIpc) is 3.59. The normalized spacial score (nSPS) is 19.0. The molecule has 1 amide bonds. The van der Waals surface area contributed by atoms with Crippen LogP contribution in [0.5, 0.6) is 0 Å². The second kappa shape index (κ2) is 11.9. The molecule has 3 aromatic rings. The SMILES string of the molecule is Cc1c(-c2ncco2)sc2c1C(=O)N(C(C)(C)C(=O)OC(C)(C)C)C(O)N2C[C@H](OC1CCC(=O)CC1)c1ccccc1. The van der Waals surface area contributed by atoms with E-state index in [-0.39, 0.29) is 18.4 Å².